The maximum atomic E-state index is 10.5. The van der Waals surface area contributed by atoms with Gasteiger partial charge in [0.2, 0.25) is 5.75 Å². The fourth-order valence-corrected chi connectivity index (χ4v) is 3.79. The first-order chi connectivity index (χ1) is 16.0. The van der Waals surface area contributed by atoms with Gasteiger partial charge >= 0.3 is 0 Å². The van der Waals surface area contributed by atoms with Gasteiger partial charge in [-0.1, -0.05) is 36.4 Å². The lowest BCUT2D eigenvalue weighted by atomic mass is 10.0. The summed E-state index contributed by atoms with van der Waals surface area (Å²) in [5.74, 6) is 0.729. The topological polar surface area (TPSA) is 90.2 Å². The van der Waals surface area contributed by atoms with Crippen molar-refractivity contribution in [1.29, 1.82) is 0 Å². The molecule has 0 amide bonds. The predicted molar refractivity (Wildman–Crippen MR) is 127 cm³/mol. The van der Waals surface area contributed by atoms with Crippen molar-refractivity contribution in [1.82, 2.24) is 0 Å². The maximum absolute atomic E-state index is 10.5. The van der Waals surface area contributed by atoms with Gasteiger partial charge in [0.05, 0.1) is 0 Å². The molecule has 0 aliphatic rings. The standard InChI is InChI=1S/C28H26O5/c29-23-7-1-4-19(14-23)10-11-21-6-3-9-25(16-21)33-28-26(31)17-22(18-27(28)32)13-12-20-5-2-8-24(30)15-20/h1-9,14-18,29-32H,10-13H2. The van der Waals surface area contributed by atoms with Crippen LogP contribution in [0.15, 0.2) is 84.9 Å². The predicted octanol–water partition coefficient (Wildman–Crippen LogP) is 5.87. The number of phenols is 4. The fourth-order valence-electron chi connectivity index (χ4n) is 3.79. The highest BCUT2D eigenvalue weighted by atomic mass is 16.5. The Labute approximate surface area is 192 Å². The fraction of sp³-hybridized carbons (Fsp3) is 0.143. The van der Waals surface area contributed by atoms with E-state index in [1.54, 1.807) is 48.5 Å². The third-order valence-electron chi connectivity index (χ3n) is 5.45. The first kappa shape index (κ1) is 22.1. The Bertz CT molecular complexity index is 1230. The van der Waals surface area contributed by atoms with Crippen molar-refractivity contribution in [2.75, 3.05) is 0 Å². The van der Waals surface area contributed by atoms with Gasteiger partial charge in [-0.25, -0.2) is 0 Å². The molecule has 0 fully saturated rings. The number of aryl methyl sites for hydroxylation is 4. The van der Waals surface area contributed by atoms with E-state index < -0.39 is 0 Å². The molecule has 168 valence electrons. The molecule has 4 rings (SSSR count). The Morgan fingerprint density at radius 2 is 0.939 bits per heavy atom. The van der Waals surface area contributed by atoms with Crippen molar-refractivity contribution in [3.63, 3.8) is 0 Å². The van der Waals surface area contributed by atoms with E-state index in [1.807, 2.05) is 36.4 Å². The molecule has 0 unspecified atom stereocenters. The third kappa shape index (κ3) is 5.98. The lowest BCUT2D eigenvalue weighted by Crippen LogP contribution is -1.94. The summed E-state index contributed by atoms with van der Waals surface area (Å²) in [5, 5.41) is 40.2. The molecule has 0 bridgehead atoms. The number of aromatic hydroxyl groups is 4. The van der Waals surface area contributed by atoms with Gasteiger partial charge in [-0.3, -0.25) is 0 Å². The highest BCUT2D eigenvalue weighted by Crippen LogP contribution is 2.40. The van der Waals surface area contributed by atoms with Crippen molar-refractivity contribution < 1.29 is 25.2 Å². The van der Waals surface area contributed by atoms with E-state index in [-0.39, 0.29) is 28.7 Å². The van der Waals surface area contributed by atoms with Crippen LogP contribution in [-0.4, -0.2) is 20.4 Å². The molecule has 0 heterocycles. The van der Waals surface area contributed by atoms with Crippen LogP contribution < -0.4 is 4.74 Å². The lowest BCUT2D eigenvalue weighted by Gasteiger charge is -2.13. The SMILES string of the molecule is Oc1cccc(CCc2cccc(Oc3c(O)cc(CCc4cccc(O)c4)cc3O)c2)c1. The zero-order valence-corrected chi connectivity index (χ0v) is 18.1. The molecule has 0 aromatic heterocycles. The first-order valence-electron chi connectivity index (χ1n) is 10.8. The molecule has 0 saturated heterocycles. The molecule has 33 heavy (non-hydrogen) atoms. The van der Waals surface area contributed by atoms with E-state index in [4.69, 9.17) is 4.74 Å². The van der Waals surface area contributed by atoms with Gasteiger partial charge in [-0.05, 0) is 96.5 Å². The minimum Gasteiger partial charge on any atom is -0.508 e. The van der Waals surface area contributed by atoms with E-state index in [9.17, 15) is 20.4 Å². The largest absolute Gasteiger partial charge is 0.508 e. The minimum atomic E-state index is -0.133. The Morgan fingerprint density at radius 3 is 1.45 bits per heavy atom. The zero-order chi connectivity index (χ0) is 23.2. The first-order valence-corrected chi connectivity index (χ1v) is 10.8. The Morgan fingerprint density at radius 1 is 0.485 bits per heavy atom. The molecule has 0 aliphatic heterocycles. The van der Waals surface area contributed by atoms with Crippen LogP contribution in [0.4, 0.5) is 0 Å². The van der Waals surface area contributed by atoms with Gasteiger partial charge in [-0.15, -0.1) is 0 Å². The summed E-state index contributed by atoms with van der Waals surface area (Å²) >= 11 is 0. The number of phenolic OH excluding ortho intramolecular Hbond substituents is 4. The zero-order valence-electron chi connectivity index (χ0n) is 18.1. The number of rotatable bonds is 8. The molecular formula is C28H26O5. The molecule has 4 aromatic rings. The lowest BCUT2D eigenvalue weighted by molar-refractivity contribution is 0.375. The Hall–Kier alpha value is -4.12. The number of hydrogen-bond acceptors (Lipinski definition) is 5. The second kappa shape index (κ2) is 10.0. The van der Waals surface area contributed by atoms with Crippen LogP contribution in [0.2, 0.25) is 0 Å². The van der Waals surface area contributed by atoms with Crippen LogP contribution in [0.3, 0.4) is 0 Å². The summed E-state index contributed by atoms with van der Waals surface area (Å²) in [6.45, 7) is 0. The summed E-state index contributed by atoms with van der Waals surface area (Å²) in [6, 6.07) is 24.9. The minimum absolute atomic E-state index is 0.0150. The highest BCUT2D eigenvalue weighted by molar-refractivity contribution is 5.54. The monoisotopic (exact) mass is 442 g/mol. The van der Waals surface area contributed by atoms with Crippen molar-refractivity contribution >= 4 is 0 Å². The molecular weight excluding hydrogens is 416 g/mol. The summed E-state index contributed by atoms with van der Waals surface area (Å²) < 4.78 is 5.81. The van der Waals surface area contributed by atoms with E-state index in [1.165, 1.54) is 0 Å². The van der Waals surface area contributed by atoms with Gasteiger partial charge in [0.1, 0.15) is 17.2 Å². The summed E-state index contributed by atoms with van der Waals surface area (Å²) in [6.07, 6.45) is 2.78. The van der Waals surface area contributed by atoms with E-state index in [0.717, 1.165) is 35.1 Å². The number of benzene rings is 4. The van der Waals surface area contributed by atoms with E-state index in [0.29, 0.717) is 18.6 Å². The van der Waals surface area contributed by atoms with Crippen molar-refractivity contribution in [2.45, 2.75) is 25.7 Å². The van der Waals surface area contributed by atoms with Gasteiger partial charge in [0, 0.05) is 0 Å². The second-order valence-corrected chi connectivity index (χ2v) is 8.05. The van der Waals surface area contributed by atoms with E-state index in [2.05, 4.69) is 0 Å². The molecule has 0 spiro atoms. The van der Waals surface area contributed by atoms with Crippen LogP contribution >= 0.6 is 0 Å². The summed E-state index contributed by atoms with van der Waals surface area (Å²) in [7, 11) is 0. The normalized spacial score (nSPS) is 10.8. The number of hydrogen-bond donors (Lipinski definition) is 4. The smallest absolute Gasteiger partial charge is 0.210 e. The summed E-state index contributed by atoms with van der Waals surface area (Å²) in [4.78, 5) is 0. The summed E-state index contributed by atoms with van der Waals surface area (Å²) in [5.41, 5.74) is 3.81. The quantitative estimate of drug-likeness (QED) is 0.274. The molecule has 0 radical (unpaired) electrons. The van der Waals surface area contributed by atoms with Crippen LogP contribution in [-0.2, 0) is 25.7 Å². The van der Waals surface area contributed by atoms with Crippen LogP contribution in [0.5, 0.6) is 34.5 Å². The number of ether oxygens (including phenoxy) is 1. The van der Waals surface area contributed by atoms with Crippen molar-refractivity contribution in [2.24, 2.45) is 0 Å². The molecule has 5 nitrogen and oxygen atoms in total. The second-order valence-electron chi connectivity index (χ2n) is 8.05. The Kier molecular flexibility index (Phi) is 6.69. The molecule has 0 atom stereocenters. The molecule has 4 N–H and O–H groups in total. The maximum Gasteiger partial charge on any atom is 0.210 e. The average Bonchev–Trinajstić information content (AvgIpc) is 2.79. The van der Waals surface area contributed by atoms with E-state index >= 15 is 0 Å². The third-order valence-corrected chi connectivity index (χ3v) is 5.45. The molecule has 5 heteroatoms. The van der Waals surface area contributed by atoms with Crippen LogP contribution in [0.25, 0.3) is 0 Å². The van der Waals surface area contributed by atoms with Crippen molar-refractivity contribution in [3.8, 4) is 34.5 Å². The van der Waals surface area contributed by atoms with Gasteiger partial charge < -0.3 is 25.2 Å². The van der Waals surface area contributed by atoms with Crippen LogP contribution in [0.1, 0.15) is 22.3 Å². The van der Waals surface area contributed by atoms with Gasteiger partial charge in [-0.2, -0.15) is 0 Å². The Balaban J connectivity index is 1.42. The van der Waals surface area contributed by atoms with Gasteiger partial charge in [0.25, 0.3) is 0 Å². The van der Waals surface area contributed by atoms with Crippen LogP contribution in [0, 0.1) is 0 Å². The van der Waals surface area contributed by atoms with Gasteiger partial charge in [0.15, 0.2) is 11.5 Å². The molecule has 0 saturated carbocycles. The van der Waals surface area contributed by atoms with Crippen molar-refractivity contribution in [3.05, 3.63) is 107 Å². The highest BCUT2D eigenvalue weighted by Gasteiger charge is 2.13. The molecule has 4 aromatic carbocycles. The average molecular weight is 443 g/mol. The molecule has 0 aliphatic carbocycles.